The van der Waals surface area contributed by atoms with Crippen LogP contribution in [0.3, 0.4) is 0 Å². The fraction of sp³-hybridized carbons (Fsp3) is 0. The van der Waals surface area contributed by atoms with Gasteiger partial charge in [-0.15, -0.1) is 11.3 Å². The maximum absolute atomic E-state index is 11.9. The van der Waals surface area contributed by atoms with Crippen molar-refractivity contribution in [2.45, 2.75) is 4.21 Å². The van der Waals surface area contributed by atoms with Crippen molar-refractivity contribution in [1.29, 1.82) is 0 Å². The number of para-hydroxylation sites is 1. The minimum atomic E-state index is -3.93. The molecule has 0 radical (unpaired) electrons. The van der Waals surface area contributed by atoms with Gasteiger partial charge in [0.1, 0.15) is 5.75 Å². The molecule has 2 aromatic rings. The number of thiophene rings is 1. The molecule has 0 aliphatic carbocycles. The molecule has 4 nitrogen and oxygen atoms in total. The summed E-state index contributed by atoms with van der Waals surface area (Å²) in [7, 11) is -3.93. The van der Waals surface area contributed by atoms with Gasteiger partial charge in [-0.3, -0.25) is 4.79 Å². The molecule has 0 fully saturated rings. The Morgan fingerprint density at radius 1 is 1.12 bits per heavy atom. The van der Waals surface area contributed by atoms with Crippen molar-refractivity contribution in [3.8, 4) is 5.75 Å². The van der Waals surface area contributed by atoms with Crippen LogP contribution in [0.4, 0.5) is 0 Å². The lowest BCUT2D eigenvalue weighted by Crippen LogP contribution is -2.09. The SMILES string of the molecule is O=Cc1ccsc1S(=O)(=O)Oc1ccccc1. The average molecular weight is 268 g/mol. The van der Waals surface area contributed by atoms with Gasteiger partial charge in [0.05, 0.1) is 0 Å². The summed E-state index contributed by atoms with van der Waals surface area (Å²) in [4.78, 5) is 10.7. The first-order chi connectivity index (χ1) is 8.13. The minimum absolute atomic E-state index is 0.0728. The molecular formula is C11H8O4S2. The monoisotopic (exact) mass is 268 g/mol. The molecule has 2 rings (SSSR count). The standard InChI is InChI=1S/C11H8O4S2/c12-8-9-6-7-16-11(9)17(13,14)15-10-4-2-1-3-5-10/h1-8H. The van der Waals surface area contributed by atoms with Crippen LogP contribution in [0.2, 0.25) is 0 Å². The third-order valence-electron chi connectivity index (χ3n) is 1.96. The van der Waals surface area contributed by atoms with Crippen LogP contribution in [0.5, 0.6) is 5.75 Å². The van der Waals surface area contributed by atoms with Crippen molar-refractivity contribution >= 4 is 27.7 Å². The highest BCUT2D eigenvalue weighted by atomic mass is 32.3. The van der Waals surface area contributed by atoms with E-state index in [9.17, 15) is 13.2 Å². The zero-order valence-electron chi connectivity index (χ0n) is 8.57. The maximum Gasteiger partial charge on any atom is 0.349 e. The lowest BCUT2D eigenvalue weighted by molar-refractivity contribution is 0.112. The third-order valence-corrected chi connectivity index (χ3v) is 4.69. The van der Waals surface area contributed by atoms with Crippen LogP contribution >= 0.6 is 11.3 Å². The molecule has 1 aromatic heterocycles. The first kappa shape index (κ1) is 11.8. The second-order valence-electron chi connectivity index (χ2n) is 3.13. The fourth-order valence-corrected chi connectivity index (χ4v) is 3.41. The minimum Gasteiger partial charge on any atom is -0.378 e. The molecule has 6 heteroatoms. The van der Waals surface area contributed by atoms with E-state index >= 15 is 0 Å². The predicted octanol–water partition coefficient (Wildman–Crippen LogP) is 2.33. The zero-order valence-corrected chi connectivity index (χ0v) is 10.2. The molecule has 0 saturated carbocycles. The summed E-state index contributed by atoms with van der Waals surface area (Å²) in [5, 5.41) is 1.53. The van der Waals surface area contributed by atoms with Crippen LogP contribution in [0.15, 0.2) is 46.0 Å². The molecule has 0 N–H and O–H groups in total. The first-order valence-corrected chi connectivity index (χ1v) is 6.94. The molecule has 0 atom stereocenters. The summed E-state index contributed by atoms with van der Waals surface area (Å²) in [6.45, 7) is 0. The fourth-order valence-electron chi connectivity index (χ4n) is 1.24. The van der Waals surface area contributed by atoms with Gasteiger partial charge in [0.15, 0.2) is 10.5 Å². The van der Waals surface area contributed by atoms with E-state index in [4.69, 9.17) is 4.18 Å². The van der Waals surface area contributed by atoms with Gasteiger partial charge < -0.3 is 4.18 Å². The van der Waals surface area contributed by atoms with Crippen LogP contribution in [0.1, 0.15) is 10.4 Å². The van der Waals surface area contributed by atoms with Gasteiger partial charge in [-0.2, -0.15) is 8.42 Å². The molecule has 0 spiro atoms. The van der Waals surface area contributed by atoms with E-state index in [1.54, 1.807) is 18.2 Å². The van der Waals surface area contributed by atoms with E-state index in [2.05, 4.69) is 0 Å². The van der Waals surface area contributed by atoms with Crippen LogP contribution in [0, 0.1) is 0 Å². The normalized spacial score (nSPS) is 11.1. The molecule has 1 aromatic carbocycles. The Bertz CT molecular complexity index is 614. The molecule has 88 valence electrons. The number of hydrogen-bond acceptors (Lipinski definition) is 5. The van der Waals surface area contributed by atoms with Crippen LogP contribution in [0.25, 0.3) is 0 Å². The van der Waals surface area contributed by atoms with Crippen LogP contribution in [-0.2, 0) is 10.1 Å². The van der Waals surface area contributed by atoms with Gasteiger partial charge in [0.25, 0.3) is 0 Å². The zero-order chi connectivity index (χ0) is 12.3. The summed E-state index contributed by atoms with van der Waals surface area (Å²) < 4.78 is 28.6. The van der Waals surface area contributed by atoms with Gasteiger partial charge in [-0.25, -0.2) is 0 Å². The van der Waals surface area contributed by atoms with Crippen molar-refractivity contribution in [2.24, 2.45) is 0 Å². The van der Waals surface area contributed by atoms with Gasteiger partial charge in [0.2, 0.25) is 0 Å². The number of carbonyl (C=O) groups excluding carboxylic acids is 1. The highest BCUT2D eigenvalue weighted by Crippen LogP contribution is 2.25. The Labute approximate surface area is 103 Å². The van der Waals surface area contributed by atoms with Crippen molar-refractivity contribution in [3.63, 3.8) is 0 Å². The summed E-state index contributed by atoms with van der Waals surface area (Å²) in [6.07, 6.45) is 0.498. The molecule has 17 heavy (non-hydrogen) atoms. The molecule has 0 bridgehead atoms. The van der Waals surface area contributed by atoms with Gasteiger partial charge in [-0.05, 0) is 23.6 Å². The number of hydrogen-bond donors (Lipinski definition) is 0. The lowest BCUT2D eigenvalue weighted by atomic mass is 10.3. The van der Waals surface area contributed by atoms with Gasteiger partial charge in [0, 0.05) is 5.56 Å². The van der Waals surface area contributed by atoms with Crippen molar-refractivity contribution in [1.82, 2.24) is 0 Å². The first-order valence-electron chi connectivity index (χ1n) is 4.66. The molecule has 0 aliphatic heterocycles. The number of benzene rings is 1. The summed E-state index contributed by atoms with van der Waals surface area (Å²) >= 11 is 0.956. The Morgan fingerprint density at radius 3 is 2.47 bits per heavy atom. The lowest BCUT2D eigenvalue weighted by Gasteiger charge is -2.05. The van der Waals surface area contributed by atoms with Crippen molar-refractivity contribution in [2.75, 3.05) is 0 Å². The van der Waals surface area contributed by atoms with Crippen molar-refractivity contribution < 1.29 is 17.4 Å². The molecule has 0 amide bonds. The highest BCUT2D eigenvalue weighted by Gasteiger charge is 2.22. The summed E-state index contributed by atoms with van der Waals surface area (Å²) in [6, 6.07) is 9.59. The van der Waals surface area contributed by atoms with E-state index in [-0.39, 0.29) is 15.5 Å². The molecule has 0 saturated heterocycles. The third kappa shape index (κ3) is 2.54. The highest BCUT2D eigenvalue weighted by molar-refractivity contribution is 7.89. The summed E-state index contributed by atoms with van der Waals surface area (Å²) in [5.74, 6) is 0.220. The predicted molar refractivity (Wildman–Crippen MR) is 64.0 cm³/mol. The molecule has 0 unspecified atom stereocenters. The molecular weight excluding hydrogens is 260 g/mol. The topological polar surface area (TPSA) is 60.4 Å². The van der Waals surface area contributed by atoms with Crippen molar-refractivity contribution in [3.05, 3.63) is 47.3 Å². The average Bonchev–Trinajstić information content (AvgIpc) is 2.78. The van der Waals surface area contributed by atoms with E-state index in [1.807, 2.05) is 0 Å². The maximum atomic E-state index is 11.9. The van der Waals surface area contributed by atoms with E-state index in [0.29, 0.717) is 6.29 Å². The van der Waals surface area contributed by atoms with Crippen LogP contribution in [-0.4, -0.2) is 14.7 Å². The summed E-state index contributed by atoms with van der Waals surface area (Å²) in [5.41, 5.74) is 0.117. The van der Waals surface area contributed by atoms with Gasteiger partial charge in [-0.1, -0.05) is 18.2 Å². The number of aldehydes is 1. The Kier molecular flexibility index (Phi) is 3.26. The largest absolute Gasteiger partial charge is 0.378 e. The Morgan fingerprint density at radius 2 is 1.82 bits per heavy atom. The second-order valence-corrected chi connectivity index (χ2v) is 5.79. The Balaban J connectivity index is 2.35. The Hall–Kier alpha value is -1.66. The molecule has 0 aliphatic rings. The van der Waals surface area contributed by atoms with Crippen LogP contribution < -0.4 is 4.18 Å². The number of rotatable bonds is 4. The smallest absolute Gasteiger partial charge is 0.349 e. The second kappa shape index (κ2) is 4.68. The molecule has 1 heterocycles. The van der Waals surface area contributed by atoms with E-state index in [0.717, 1.165) is 11.3 Å². The van der Waals surface area contributed by atoms with Gasteiger partial charge >= 0.3 is 10.1 Å². The van der Waals surface area contributed by atoms with E-state index < -0.39 is 10.1 Å². The quantitative estimate of drug-likeness (QED) is 0.630. The van der Waals surface area contributed by atoms with E-state index in [1.165, 1.54) is 23.6 Å². The number of carbonyl (C=O) groups is 1.